The number of aromatic nitrogens is 2. The lowest BCUT2D eigenvalue weighted by Crippen LogP contribution is -2.46. The number of aryl methyl sites for hydroxylation is 1. The number of carbonyl (C=O) groups is 1. The number of hydrogen-bond donors (Lipinski definition) is 1. The van der Waals surface area contributed by atoms with Gasteiger partial charge in [0.2, 0.25) is 0 Å². The number of benzene rings is 2. The van der Waals surface area contributed by atoms with Crippen LogP contribution in [0, 0.1) is 0 Å². The van der Waals surface area contributed by atoms with Gasteiger partial charge in [-0.1, -0.05) is 36.4 Å². The van der Waals surface area contributed by atoms with Crippen LogP contribution in [0.2, 0.25) is 0 Å². The van der Waals surface area contributed by atoms with Crippen molar-refractivity contribution in [2.75, 3.05) is 25.0 Å². The molecule has 3 aromatic rings. The number of nitrogens with one attached hydrogen (secondary N) is 1. The van der Waals surface area contributed by atoms with Crippen LogP contribution in [0.4, 0.5) is 5.69 Å². The maximum absolute atomic E-state index is 13.1. The first-order valence-corrected chi connectivity index (χ1v) is 9.22. The highest BCUT2D eigenvalue weighted by atomic mass is 16.2. The molecule has 5 nitrogen and oxygen atoms in total. The van der Waals surface area contributed by atoms with Crippen molar-refractivity contribution in [1.29, 1.82) is 0 Å². The molecular formula is C21H22N4O. The molecule has 5 heteroatoms. The number of nitrogens with zero attached hydrogens (tertiary/aromatic N) is 3. The van der Waals surface area contributed by atoms with E-state index in [1.54, 1.807) is 4.68 Å². The first-order valence-electron chi connectivity index (χ1n) is 9.22. The van der Waals surface area contributed by atoms with Gasteiger partial charge in [0.25, 0.3) is 5.91 Å². The van der Waals surface area contributed by atoms with E-state index in [1.165, 1.54) is 11.3 Å². The van der Waals surface area contributed by atoms with Crippen molar-refractivity contribution < 1.29 is 4.79 Å². The average Bonchev–Trinajstić information content (AvgIpc) is 3.21. The second kappa shape index (κ2) is 5.59. The molecule has 1 spiro atoms. The Labute approximate surface area is 152 Å². The molecule has 2 aliphatic rings. The number of carbonyl (C=O) groups excluding carboxylic acids is 1. The smallest absolute Gasteiger partial charge is 0.275 e. The van der Waals surface area contributed by atoms with Gasteiger partial charge in [-0.05, 0) is 30.5 Å². The molecule has 0 unspecified atom stereocenters. The molecule has 0 bridgehead atoms. The summed E-state index contributed by atoms with van der Waals surface area (Å²) < 4.78 is 1.80. The Bertz CT molecular complexity index is 998. The zero-order chi connectivity index (χ0) is 17.7. The summed E-state index contributed by atoms with van der Waals surface area (Å²) in [4.78, 5) is 15.1. The first-order chi connectivity index (χ1) is 12.7. The van der Waals surface area contributed by atoms with Gasteiger partial charge < -0.3 is 10.2 Å². The van der Waals surface area contributed by atoms with E-state index in [-0.39, 0.29) is 11.3 Å². The summed E-state index contributed by atoms with van der Waals surface area (Å²) in [5, 5.41) is 8.99. The van der Waals surface area contributed by atoms with Crippen molar-refractivity contribution in [3.63, 3.8) is 0 Å². The Morgan fingerprint density at radius 1 is 1.08 bits per heavy atom. The third kappa shape index (κ3) is 2.16. The summed E-state index contributed by atoms with van der Waals surface area (Å²) in [5.74, 6) is 0.0518. The van der Waals surface area contributed by atoms with Crippen molar-refractivity contribution in [2.24, 2.45) is 7.05 Å². The summed E-state index contributed by atoms with van der Waals surface area (Å²) in [6.07, 6.45) is 1.99. The van der Waals surface area contributed by atoms with Crippen molar-refractivity contribution in [1.82, 2.24) is 14.7 Å². The van der Waals surface area contributed by atoms with Gasteiger partial charge >= 0.3 is 0 Å². The lowest BCUT2D eigenvalue weighted by Gasteiger charge is -2.39. The molecule has 0 radical (unpaired) electrons. The predicted octanol–water partition coefficient (Wildman–Crippen LogP) is 3.17. The van der Waals surface area contributed by atoms with Crippen LogP contribution in [0.5, 0.6) is 0 Å². The molecule has 1 amide bonds. The van der Waals surface area contributed by atoms with Gasteiger partial charge in [0, 0.05) is 43.2 Å². The molecule has 0 atom stereocenters. The third-order valence-electron chi connectivity index (χ3n) is 6.08. The van der Waals surface area contributed by atoms with Crippen molar-refractivity contribution >= 4 is 22.5 Å². The highest BCUT2D eigenvalue weighted by Crippen LogP contribution is 2.44. The quantitative estimate of drug-likeness (QED) is 0.736. The van der Waals surface area contributed by atoms with Crippen molar-refractivity contribution in [3.05, 3.63) is 59.8 Å². The zero-order valence-corrected chi connectivity index (χ0v) is 14.9. The van der Waals surface area contributed by atoms with Gasteiger partial charge in [0.05, 0.1) is 5.52 Å². The fraction of sp³-hybridized carbons (Fsp3) is 0.333. The van der Waals surface area contributed by atoms with Crippen LogP contribution < -0.4 is 5.32 Å². The van der Waals surface area contributed by atoms with Gasteiger partial charge in [-0.25, -0.2) is 0 Å². The Morgan fingerprint density at radius 2 is 1.81 bits per heavy atom. The first kappa shape index (κ1) is 15.4. The van der Waals surface area contributed by atoms with E-state index in [0.29, 0.717) is 5.69 Å². The number of fused-ring (bicyclic) bond motifs is 3. The van der Waals surface area contributed by atoms with Crippen molar-refractivity contribution in [3.8, 4) is 0 Å². The highest BCUT2D eigenvalue weighted by molar-refractivity contribution is 6.04. The summed E-state index contributed by atoms with van der Waals surface area (Å²) in [6.45, 7) is 2.53. The van der Waals surface area contributed by atoms with Crippen LogP contribution in [-0.4, -0.2) is 40.2 Å². The summed E-state index contributed by atoms with van der Waals surface area (Å²) in [7, 11) is 1.89. The number of piperidine rings is 1. The molecule has 1 fully saturated rings. The Hall–Kier alpha value is -2.82. The fourth-order valence-electron chi connectivity index (χ4n) is 4.56. The number of anilines is 1. The second-order valence-corrected chi connectivity index (χ2v) is 7.46. The topological polar surface area (TPSA) is 50.2 Å². The van der Waals surface area contributed by atoms with Crippen LogP contribution in [-0.2, 0) is 12.5 Å². The summed E-state index contributed by atoms with van der Waals surface area (Å²) >= 11 is 0. The van der Waals surface area contributed by atoms with Gasteiger partial charge in [-0.2, -0.15) is 5.10 Å². The van der Waals surface area contributed by atoms with E-state index in [4.69, 9.17) is 0 Å². The minimum atomic E-state index is 0.0518. The molecule has 26 heavy (non-hydrogen) atoms. The van der Waals surface area contributed by atoms with Gasteiger partial charge in [-0.3, -0.25) is 9.48 Å². The van der Waals surface area contributed by atoms with Gasteiger partial charge in [0.15, 0.2) is 5.69 Å². The van der Waals surface area contributed by atoms with Crippen LogP contribution in [0.25, 0.3) is 10.9 Å². The number of amides is 1. The zero-order valence-electron chi connectivity index (χ0n) is 14.9. The molecule has 0 aliphatic carbocycles. The Kier molecular flexibility index (Phi) is 3.32. The van der Waals surface area contributed by atoms with Gasteiger partial charge in [0.1, 0.15) is 0 Å². The van der Waals surface area contributed by atoms with Crippen LogP contribution in [0.1, 0.15) is 28.9 Å². The van der Waals surface area contributed by atoms with Crippen LogP contribution >= 0.6 is 0 Å². The summed E-state index contributed by atoms with van der Waals surface area (Å²) in [5.41, 5.74) is 4.40. The predicted molar refractivity (Wildman–Crippen MR) is 102 cm³/mol. The number of likely N-dealkylation sites (tertiary alicyclic amines) is 1. The number of para-hydroxylation sites is 2. The molecule has 2 aliphatic heterocycles. The number of rotatable bonds is 1. The molecular weight excluding hydrogens is 324 g/mol. The molecule has 1 saturated heterocycles. The Balaban J connectivity index is 1.40. The van der Waals surface area contributed by atoms with Gasteiger partial charge in [-0.15, -0.1) is 0 Å². The van der Waals surface area contributed by atoms with Crippen LogP contribution in [0.3, 0.4) is 0 Å². The molecule has 3 heterocycles. The maximum Gasteiger partial charge on any atom is 0.275 e. The SMILES string of the molecule is Cn1nc(C(=O)N2CCC3(CC2)CNc2ccccc23)c2ccccc21. The summed E-state index contributed by atoms with van der Waals surface area (Å²) in [6, 6.07) is 16.5. The molecule has 1 N–H and O–H groups in total. The highest BCUT2D eigenvalue weighted by Gasteiger charge is 2.42. The second-order valence-electron chi connectivity index (χ2n) is 7.46. The molecule has 1 aromatic heterocycles. The standard InChI is InChI=1S/C21H22N4O/c1-24-18-9-5-2-6-15(18)19(23-24)20(26)25-12-10-21(11-13-25)14-22-17-8-4-3-7-16(17)21/h2-9,22H,10-14H2,1H3. The average molecular weight is 346 g/mol. The molecule has 0 saturated carbocycles. The third-order valence-corrected chi connectivity index (χ3v) is 6.08. The van der Waals surface area contributed by atoms with E-state index in [9.17, 15) is 4.79 Å². The van der Waals surface area contributed by atoms with E-state index >= 15 is 0 Å². The van der Waals surface area contributed by atoms with Crippen molar-refractivity contribution in [2.45, 2.75) is 18.3 Å². The van der Waals surface area contributed by atoms with Crippen LogP contribution in [0.15, 0.2) is 48.5 Å². The fourth-order valence-corrected chi connectivity index (χ4v) is 4.56. The minimum Gasteiger partial charge on any atom is -0.384 e. The van der Waals surface area contributed by atoms with E-state index in [2.05, 4.69) is 34.7 Å². The normalized spacial score (nSPS) is 18.1. The van der Waals surface area contributed by atoms with E-state index in [0.717, 1.165) is 43.4 Å². The molecule has 5 rings (SSSR count). The monoisotopic (exact) mass is 346 g/mol. The Morgan fingerprint density at radius 3 is 2.65 bits per heavy atom. The largest absolute Gasteiger partial charge is 0.384 e. The lowest BCUT2D eigenvalue weighted by atomic mass is 9.74. The molecule has 132 valence electrons. The number of hydrogen-bond acceptors (Lipinski definition) is 3. The molecule has 2 aromatic carbocycles. The lowest BCUT2D eigenvalue weighted by molar-refractivity contribution is 0.0671. The van der Waals surface area contributed by atoms with E-state index in [1.807, 2.05) is 36.2 Å². The van der Waals surface area contributed by atoms with E-state index < -0.39 is 0 Å². The maximum atomic E-state index is 13.1. The minimum absolute atomic E-state index is 0.0518.